The molecule has 3 N–H and O–H groups in total. The van der Waals surface area contributed by atoms with Crippen LogP contribution >= 0.6 is 23.6 Å². The van der Waals surface area contributed by atoms with Crippen LogP contribution in [-0.2, 0) is 12.8 Å². The van der Waals surface area contributed by atoms with E-state index in [4.69, 9.17) is 12.2 Å². The maximum absolute atomic E-state index is 5.39. The number of nitrogens with one attached hydrogen (secondary N) is 3. The van der Waals surface area contributed by atoms with Crippen molar-refractivity contribution in [1.29, 1.82) is 0 Å². The number of aryl methyl sites for hydroxylation is 1. The van der Waals surface area contributed by atoms with Crippen molar-refractivity contribution in [1.82, 2.24) is 25.5 Å². The quantitative estimate of drug-likeness (QED) is 0.640. The number of anilines is 1. The molecular weight excluding hydrogens is 280 g/mol. The molecule has 6 nitrogen and oxygen atoms in total. The molecule has 2 aliphatic heterocycles. The number of fused-ring (bicyclic) bond motifs is 8. The van der Waals surface area contributed by atoms with Crippen LogP contribution in [0, 0.1) is 4.77 Å². The van der Waals surface area contributed by atoms with Gasteiger partial charge in [0.2, 0.25) is 10.7 Å². The number of rotatable bonds is 0. The van der Waals surface area contributed by atoms with Gasteiger partial charge in [0.1, 0.15) is 11.2 Å². The number of aromatic nitrogens is 3. The molecule has 19 heavy (non-hydrogen) atoms. The summed E-state index contributed by atoms with van der Waals surface area (Å²) >= 11 is 7.27. The van der Waals surface area contributed by atoms with Gasteiger partial charge in [0.25, 0.3) is 0 Å². The Morgan fingerprint density at radius 1 is 1.37 bits per heavy atom. The van der Waals surface area contributed by atoms with Gasteiger partial charge in [0.05, 0.1) is 6.67 Å². The summed E-state index contributed by atoms with van der Waals surface area (Å²) < 4.78 is 2.73. The van der Waals surface area contributed by atoms with Crippen LogP contribution in [0.1, 0.15) is 28.6 Å². The highest BCUT2D eigenvalue weighted by Gasteiger charge is 2.40. The van der Waals surface area contributed by atoms with E-state index < -0.39 is 0 Å². The first-order chi connectivity index (χ1) is 9.34. The first kappa shape index (κ1) is 10.6. The van der Waals surface area contributed by atoms with Crippen LogP contribution in [0.2, 0.25) is 0 Å². The Kier molecular flexibility index (Phi) is 1.92. The average Bonchev–Trinajstić information content (AvgIpc) is 3.07. The van der Waals surface area contributed by atoms with Gasteiger partial charge in [-0.05, 0) is 37.0 Å². The molecule has 4 heterocycles. The fourth-order valence-electron chi connectivity index (χ4n) is 3.32. The molecule has 0 saturated carbocycles. The molecule has 8 heteroatoms. The van der Waals surface area contributed by atoms with Gasteiger partial charge in [0, 0.05) is 10.4 Å². The molecule has 2 aromatic heterocycles. The predicted molar refractivity (Wildman–Crippen MR) is 75.0 cm³/mol. The van der Waals surface area contributed by atoms with E-state index in [2.05, 4.69) is 30.5 Å². The standard InChI is InChI=1S/C11H12N6S2/c18-11-15-14-10-16(11)9-7(8-12-4-13-17(8)10)5-2-1-3-6(5)19-9/h8,12-13H,1-4H2,(H,15,18). The van der Waals surface area contributed by atoms with Crippen LogP contribution < -0.4 is 15.8 Å². The Hall–Kier alpha value is -1.22. The number of hydrogen-bond donors (Lipinski definition) is 3. The van der Waals surface area contributed by atoms with Gasteiger partial charge < -0.3 is 0 Å². The Morgan fingerprint density at radius 2 is 2.32 bits per heavy atom. The van der Waals surface area contributed by atoms with Crippen LogP contribution in [0.25, 0.3) is 5.00 Å². The summed E-state index contributed by atoms with van der Waals surface area (Å²) in [5.41, 5.74) is 6.25. The Bertz CT molecular complexity index is 741. The molecule has 0 radical (unpaired) electrons. The lowest BCUT2D eigenvalue weighted by Crippen LogP contribution is -2.39. The van der Waals surface area contributed by atoms with Crippen molar-refractivity contribution >= 4 is 29.5 Å². The molecule has 1 aliphatic carbocycles. The average molecular weight is 292 g/mol. The van der Waals surface area contributed by atoms with E-state index in [9.17, 15) is 0 Å². The number of H-pyrrole nitrogens is 1. The largest absolute Gasteiger partial charge is 0.278 e. The van der Waals surface area contributed by atoms with Gasteiger partial charge in [0.15, 0.2) is 0 Å². The molecule has 0 spiro atoms. The smallest absolute Gasteiger partial charge is 0.247 e. The van der Waals surface area contributed by atoms with E-state index in [1.54, 1.807) is 0 Å². The molecule has 0 amide bonds. The van der Waals surface area contributed by atoms with Crippen molar-refractivity contribution in [2.24, 2.45) is 0 Å². The second-order valence-corrected chi connectivity index (χ2v) is 6.52. The lowest BCUT2D eigenvalue weighted by atomic mass is 10.1. The molecule has 3 aliphatic rings. The second kappa shape index (κ2) is 3.45. The minimum Gasteiger partial charge on any atom is -0.278 e. The SMILES string of the molecule is S=c1[nH]nc2n1-c1sc3c(c1C1NCNN21)CCC3. The number of aromatic amines is 1. The highest BCUT2D eigenvalue weighted by Crippen LogP contribution is 2.46. The Balaban J connectivity index is 1.88. The molecule has 0 bridgehead atoms. The van der Waals surface area contributed by atoms with E-state index in [-0.39, 0.29) is 6.17 Å². The zero-order valence-corrected chi connectivity index (χ0v) is 11.7. The van der Waals surface area contributed by atoms with Crippen molar-refractivity contribution in [2.75, 3.05) is 11.7 Å². The Morgan fingerprint density at radius 3 is 3.26 bits per heavy atom. The highest BCUT2D eigenvalue weighted by atomic mass is 32.1. The normalized spacial score (nSPS) is 23.2. The van der Waals surface area contributed by atoms with E-state index in [1.165, 1.54) is 40.3 Å². The van der Waals surface area contributed by atoms with Crippen molar-refractivity contribution in [3.05, 3.63) is 20.8 Å². The number of thiophene rings is 1. The first-order valence-corrected chi connectivity index (χ1v) is 7.65. The van der Waals surface area contributed by atoms with Crippen molar-refractivity contribution < 1.29 is 0 Å². The second-order valence-electron chi connectivity index (χ2n) is 5.05. The number of hydrogen-bond acceptors (Lipinski definition) is 6. The van der Waals surface area contributed by atoms with Crippen LogP contribution in [-0.4, -0.2) is 21.4 Å². The molecular formula is C11H12N6S2. The summed E-state index contributed by atoms with van der Waals surface area (Å²) in [5.74, 6) is 0.854. The molecule has 2 aromatic rings. The number of nitrogens with zero attached hydrogens (tertiary/aromatic N) is 3. The molecule has 1 saturated heterocycles. The van der Waals surface area contributed by atoms with Crippen LogP contribution in [0.15, 0.2) is 0 Å². The van der Waals surface area contributed by atoms with Gasteiger partial charge in [-0.3, -0.25) is 10.3 Å². The third-order valence-corrected chi connectivity index (χ3v) is 5.66. The molecule has 1 unspecified atom stereocenters. The van der Waals surface area contributed by atoms with Crippen LogP contribution in [0.3, 0.4) is 0 Å². The third-order valence-electron chi connectivity index (χ3n) is 4.09. The summed E-state index contributed by atoms with van der Waals surface area (Å²) in [6.45, 7) is 0.758. The maximum Gasteiger partial charge on any atom is 0.247 e. The van der Waals surface area contributed by atoms with Crippen molar-refractivity contribution in [3.63, 3.8) is 0 Å². The van der Waals surface area contributed by atoms with Crippen molar-refractivity contribution in [2.45, 2.75) is 25.4 Å². The van der Waals surface area contributed by atoms with Gasteiger partial charge in [-0.1, -0.05) is 0 Å². The summed E-state index contributed by atoms with van der Waals surface area (Å²) in [6.07, 6.45) is 3.85. The molecule has 5 rings (SSSR count). The van der Waals surface area contributed by atoms with E-state index in [1.807, 2.05) is 11.3 Å². The number of hydrazine groups is 1. The lowest BCUT2D eigenvalue weighted by molar-refractivity contribution is 0.592. The fraction of sp³-hybridized carbons (Fsp3) is 0.455. The van der Waals surface area contributed by atoms with Gasteiger partial charge in [-0.25, -0.2) is 15.1 Å². The summed E-state index contributed by atoms with van der Waals surface area (Å²) in [7, 11) is 0. The highest BCUT2D eigenvalue weighted by molar-refractivity contribution is 7.71. The fourth-order valence-corrected chi connectivity index (χ4v) is 5.02. The predicted octanol–water partition coefficient (Wildman–Crippen LogP) is 1.36. The molecule has 98 valence electrons. The summed E-state index contributed by atoms with van der Waals surface area (Å²) in [4.78, 5) is 1.52. The van der Waals surface area contributed by atoms with Crippen LogP contribution in [0.4, 0.5) is 5.95 Å². The van der Waals surface area contributed by atoms with Crippen molar-refractivity contribution in [3.8, 4) is 5.00 Å². The van der Waals surface area contributed by atoms with Gasteiger partial charge in [-0.15, -0.1) is 16.4 Å². The maximum atomic E-state index is 5.39. The summed E-state index contributed by atoms with van der Waals surface area (Å²) in [5, 5.41) is 14.1. The zero-order chi connectivity index (χ0) is 12.6. The van der Waals surface area contributed by atoms with E-state index in [0.717, 1.165) is 12.6 Å². The van der Waals surface area contributed by atoms with Gasteiger partial charge in [-0.2, -0.15) is 0 Å². The zero-order valence-electron chi connectivity index (χ0n) is 10.1. The first-order valence-electron chi connectivity index (χ1n) is 6.43. The minimum absolute atomic E-state index is 0.186. The van der Waals surface area contributed by atoms with E-state index >= 15 is 0 Å². The van der Waals surface area contributed by atoms with Crippen LogP contribution in [0.5, 0.6) is 0 Å². The lowest BCUT2D eigenvalue weighted by Gasteiger charge is -2.30. The third kappa shape index (κ3) is 1.18. The minimum atomic E-state index is 0.186. The Labute approximate surface area is 118 Å². The summed E-state index contributed by atoms with van der Waals surface area (Å²) in [6, 6.07) is 0. The molecule has 0 aromatic carbocycles. The molecule has 1 atom stereocenters. The molecule has 1 fully saturated rings. The monoisotopic (exact) mass is 292 g/mol. The topological polar surface area (TPSA) is 60.9 Å². The van der Waals surface area contributed by atoms with E-state index in [0.29, 0.717) is 4.77 Å². The van der Waals surface area contributed by atoms with Gasteiger partial charge >= 0.3 is 0 Å².